The predicted molar refractivity (Wildman–Crippen MR) is 160 cm³/mol. The lowest BCUT2D eigenvalue weighted by atomic mass is 9.79. The Morgan fingerprint density at radius 3 is 2.13 bits per heavy atom. The molecule has 0 radical (unpaired) electrons. The van der Waals surface area contributed by atoms with Crippen LogP contribution in [0.1, 0.15) is 144 Å². The Bertz CT molecular complexity index is 979. The highest BCUT2D eigenvalue weighted by atomic mass is 19.2. The van der Waals surface area contributed by atoms with Crippen LogP contribution in [-0.4, -0.2) is 6.61 Å². The third kappa shape index (κ3) is 9.90. The largest absolute Gasteiger partial charge is 0.490 e. The van der Waals surface area contributed by atoms with E-state index >= 15 is 4.39 Å². The van der Waals surface area contributed by atoms with Gasteiger partial charge in [-0.15, -0.1) is 0 Å². The van der Waals surface area contributed by atoms with Crippen LogP contribution < -0.4 is 4.74 Å². The fourth-order valence-electron chi connectivity index (χ4n) is 6.28. The van der Waals surface area contributed by atoms with Gasteiger partial charge in [-0.1, -0.05) is 121 Å². The van der Waals surface area contributed by atoms with E-state index in [1.165, 1.54) is 101 Å². The van der Waals surface area contributed by atoms with Crippen LogP contribution in [0.4, 0.5) is 8.78 Å². The average molecular weight is 539 g/mol. The van der Waals surface area contributed by atoms with Gasteiger partial charge in [-0.25, -0.2) is 4.39 Å². The van der Waals surface area contributed by atoms with E-state index in [1.54, 1.807) is 6.07 Å². The molecule has 0 aliphatic heterocycles. The second kappa shape index (κ2) is 16.4. The molecule has 1 atom stereocenters. The summed E-state index contributed by atoms with van der Waals surface area (Å²) in [4.78, 5) is 0. The molecule has 39 heavy (non-hydrogen) atoms. The molecule has 4 rings (SSSR count). The van der Waals surface area contributed by atoms with Crippen LogP contribution in [0.25, 0.3) is 0 Å². The molecule has 1 nitrogen and oxygen atoms in total. The minimum atomic E-state index is -0.811. The lowest BCUT2D eigenvalue weighted by Crippen LogP contribution is -2.16. The zero-order chi connectivity index (χ0) is 27.3. The summed E-state index contributed by atoms with van der Waals surface area (Å²) in [7, 11) is 0. The number of unbranched alkanes of at least 4 members (excludes halogenated alkanes) is 11. The summed E-state index contributed by atoms with van der Waals surface area (Å²) in [5.41, 5.74) is 4.11. The van der Waals surface area contributed by atoms with Crippen LogP contribution >= 0.6 is 0 Å². The van der Waals surface area contributed by atoms with E-state index in [9.17, 15) is 4.39 Å². The summed E-state index contributed by atoms with van der Waals surface area (Å²) in [6, 6.07) is 10.7. The third-order valence-corrected chi connectivity index (χ3v) is 9.06. The number of hydrogen-bond donors (Lipinski definition) is 0. The van der Waals surface area contributed by atoms with E-state index in [0.717, 1.165) is 43.6 Å². The first-order chi connectivity index (χ1) is 19.2. The van der Waals surface area contributed by atoms with Gasteiger partial charge in [0, 0.05) is 0 Å². The maximum Gasteiger partial charge on any atom is 0.200 e. The molecule has 2 aromatic carbocycles. The van der Waals surface area contributed by atoms with Crippen LogP contribution in [0.3, 0.4) is 0 Å². The second-order valence-electron chi connectivity index (χ2n) is 12.4. The minimum Gasteiger partial charge on any atom is -0.490 e. The van der Waals surface area contributed by atoms with Gasteiger partial charge < -0.3 is 4.74 Å². The average Bonchev–Trinajstić information content (AvgIpc) is 3.79. The predicted octanol–water partition coefficient (Wildman–Crippen LogP) is 11.0. The van der Waals surface area contributed by atoms with Gasteiger partial charge >= 0.3 is 0 Å². The number of halogens is 2. The van der Waals surface area contributed by atoms with E-state index in [-0.39, 0.29) is 11.7 Å². The summed E-state index contributed by atoms with van der Waals surface area (Å²) < 4.78 is 35.6. The minimum absolute atomic E-state index is 0.0937. The molecule has 1 unspecified atom stereocenters. The molecular weight excluding hydrogens is 486 g/mol. The summed E-state index contributed by atoms with van der Waals surface area (Å²) in [6.07, 6.45) is 24.4. The lowest BCUT2D eigenvalue weighted by Gasteiger charge is -2.26. The summed E-state index contributed by atoms with van der Waals surface area (Å²) >= 11 is 0. The fourth-order valence-corrected chi connectivity index (χ4v) is 6.28. The standard InChI is InChI=1S/C36H52F2O/c1-2-3-4-5-11-14-25-39-34-27-32-24-23-31(26-33(32)35(37)36(34)38)30-21-19-29(20-22-30)16-13-10-8-6-7-9-12-15-28-17-18-28/h19-22,27-28,31H,2-18,23-26H2,1H3. The Morgan fingerprint density at radius 2 is 1.41 bits per heavy atom. The Hall–Kier alpha value is -1.90. The summed E-state index contributed by atoms with van der Waals surface area (Å²) in [5, 5.41) is 0. The molecule has 0 aromatic heterocycles. The SMILES string of the molecule is CCCCCCCCOc1cc2c(c(F)c1F)CC(c1ccc(CCCCCCCCCC3CC3)cc1)CC2. The highest BCUT2D eigenvalue weighted by molar-refractivity contribution is 5.42. The normalized spacial score (nSPS) is 16.8. The number of benzene rings is 2. The lowest BCUT2D eigenvalue weighted by molar-refractivity contribution is 0.283. The molecule has 0 heterocycles. The molecular formula is C36H52F2O. The van der Waals surface area contributed by atoms with Gasteiger partial charge in [0.25, 0.3) is 0 Å². The monoisotopic (exact) mass is 538 g/mol. The molecule has 0 saturated heterocycles. The highest BCUT2D eigenvalue weighted by Gasteiger charge is 2.27. The number of ether oxygens (including phenoxy) is 1. The van der Waals surface area contributed by atoms with Gasteiger partial charge in [0.15, 0.2) is 11.6 Å². The quantitative estimate of drug-likeness (QED) is 0.162. The molecule has 3 heteroatoms. The van der Waals surface area contributed by atoms with Crippen LogP contribution in [0.2, 0.25) is 0 Å². The zero-order valence-electron chi connectivity index (χ0n) is 24.6. The van der Waals surface area contributed by atoms with Gasteiger partial charge in [0.1, 0.15) is 0 Å². The van der Waals surface area contributed by atoms with Crippen molar-refractivity contribution in [3.63, 3.8) is 0 Å². The van der Waals surface area contributed by atoms with Crippen LogP contribution in [0.5, 0.6) is 5.75 Å². The van der Waals surface area contributed by atoms with E-state index in [1.807, 2.05) is 0 Å². The van der Waals surface area contributed by atoms with Gasteiger partial charge in [-0.2, -0.15) is 4.39 Å². The maximum atomic E-state index is 15.1. The van der Waals surface area contributed by atoms with Gasteiger partial charge in [-0.3, -0.25) is 0 Å². The molecule has 1 saturated carbocycles. The van der Waals surface area contributed by atoms with Crippen LogP contribution in [-0.2, 0) is 19.3 Å². The molecule has 0 N–H and O–H groups in total. The maximum absolute atomic E-state index is 15.1. The summed E-state index contributed by atoms with van der Waals surface area (Å²) in [5.74, 6) is -0.0859. The molecule has 2 aliphatic carbocycles. The first-order valence-corrected chi connectivity index (χ1v) is 16.4. The van der Waals surface area contributed by atoms with Crippen molar-refractivity contribution in [2.75, 3.05) is 6.61 Å². The summed E-state index contributed by atoms with van der Waals surface area (Å²) in [6.45, 7) is 2.66. The highest BCUT2D eigenvalue weighted by Crippen LogP contribution is 2.38. The molecule has 0 amide bonds. The first kappa shape index (κ1) is 30.1. The molecule has 0 bridgehead atoms. The molecule has 2 aromatic rings. The van der Waals surface area contributed by atoms with Crippen molar-refractivity contribution < 1.29 is 13.5 Å². The Morgan fingerprint density at radius 1 is 0.744 bits per heavy atom. The molecule has 216 valence electrons. The van der Waals surface area contributed by atoms with E-state index in [0.29, 0.717) is 18.6 Å². The first-order valence-electron chi connectivity index (χ1n) is 16.4. The van der Waals surface area contributed by atoms with Gasteiger partial charge in [0.05, 0.1) is 6.61 Å². The number of rotatable bonds is 19. The van der Waals surface area contributed by atoms with E-state index in [2.05, 4.69) is 31.2 Å². The van der Waals surface area contributed by atoms with Crippen molar-refractivity contribution in [1.82, 2.24) is 0 Å². The molecule has 2 aliphatic rings. The molecule has 1 fully saturated rings. The third-order valence-electron chi connectivity index (χ3n) is 9.06. The van der Waals surface area contributed by atoms with Gasteiger partial charge in [0.2, 0.25) is 5.82 Å². The van der Waals surface area contributed by atoms with E-state index in [4.69, 9.17) is 4.74 Å². The van der Waals surface area contributed by atoms with Crippen molar-refractivity contribution >= 4 is 0 Å². The zero-order valence-corrected chi connectivity index (χ0v) is 24.6. The Kier molecular flexibility index (Phi) is 12.6. The van der Waals surface area contributed by atoms with Crippen molar-refractivity contribution in [1.29, 1.82) is 0 Å². The van der Waals surface area contributed by atoms with Crippen molar-refractivity contribution in [2.45, 2.75) is 141 Å². The number of hydrogen-bond acceptors (Lipinski definition) is 1. The smallest absolute Gasteiger partial charge is 0.200 e. The second-order valence-corrected chi connectivity index (χ2v) is 12.4. The van der Waals surface area contributed by atoms with E-state index < -0.39 is 11.6 Å². The topological polar surface area (TPSA) is 9.23 Å². The number of aryl methyl sites for hydroxylation is 2. The van der Waals surface area contributed by atoms with Crippen molar-refractivity contribution in [2.24, 2.45) is 5.92 Å². The molecule has 0 spiro atoms. The van der Waals surface area contributed by atoms with Gasteiger partial charge in [-0.05, 0) is 78.7 Å². The Labute approximate surface area is 237 Å². The van der Waals surface area contributed by atoms with Crippen molar-refractivity contribution in [3.8, 4) is 5.75 Å². The van der Waals surface area contributed by atoms with Crippen LogP contribution in [0, 0.1) is 17.6 Å². The van der Waals surface area contributed by atoms with Crippen LogP contribution in [0.15, 0.2) is 30.3 Å². The Balaban J connectivity index is 1.17. The van der Waals surface area contributed by atoms with Crippen molar-refractivity contribution in [3.05, 3.63) is 64.2 Å². The fraction of sp³-hybridized carbons (Fsp3) is 0.667. The number of fused-ring (bicyclic) bond motifs is 1.